The zero-order chi connectivity index (χ0) is 15.9. The predicted molar refractivity (Wildman–Crippen MR) is 83.3 cm³/mol. The molecule has 114 valence electrons. The number of benzene rings is 1. The molecule has 0 radical (unpaired) electrons. The highest BCUT2D eigenvalue weighted by Crippen LogP contribution is 2.16. The molecule has 1 aromatic carbocycles. The number of carbonyl (C=O) groups excluding carboxylic acids is 2. The number of aromatic nitrogens is 1. The van der Waals surface area contributed by atoms with E-state index in [1.165, 1.54) is 12.3 Å². The molecule has 22 heavy (non-hydrogen) atoms. The first-order valence-electron chi connectivity index (χ1n) is 6.99. The van der Waals surface area contributed by atoms with E-state index >= 15 is 0 Å². The number of rotatable bonds is 5. The molecule has 2 rings (SSSR count). The quantitative estimate of drug-likeness (QED) is 0.656. The fourth-order valence-corrected chi connectivity index (χ4v) is 1.92. The van der Waals surface area contributed by atoms with Crippen molar-refractivity contribution in [3.05, 3.63) is 59.6 Å². The predicted octanol–water partition coefficient (Wildman–Crippen LogP) is 2.31. The van der Waals surface area contributed by atoms with Gasteiger partial charge in [0.2, 0.25) is 5.91 Å². The molecule has 0 spiro atoms. The standard InChI is InChI=1S/C16H17N3O3/c1-2-6-15(20)17-12-7-5-8-13(11-12)18-16(21)14-9-3-4-10-19(14)22/h3-5,7-11H,2,6H2,1H3,(H,17,20)(H,18,21). The molecule has 0 unspecified atom stereocenters. The van der Waals surface area contributed by atoms with E-state index in [9.17, 15) is 14.8 Å². The van der Waals surface area contributed by atoms with Gasteiger partial charge in [-0.3, -0.25) is 9.59 Å². The number of hydrogen-bond donors (Lipinski definition) is 2. The van der Waals surface area contributed by atoms with Gasteiger partial charge in [-0.2, -0.15) is 4.73 Å². The lowest BCUT2D eigenvalue weighted by molar-refractivity contribution is -0.607. The number of carbonyl (C=O) groups is 2. The van der Waals surface area contributed by atoms with E-state index in [0.29, 0.717) is 22.5 Å². The maximum atomic E-state index is 12.1. The molecule has 1 heterocycles. The van der Waals surface area contributed by atoms with Gasteiger partial charge >= 0.3 is 5.91 Å². The fraction of sp³-hybridized carbons (Fsp3) is 0.188. The zero-order valence-electron chi connectivity index (χ0n) is 12.2. The van der Waals surface area contributed by atoms with Crippen LogP contribution in [0.3, 0.4) is 0 Å². The van der Waals surface area contributed by atoms with Crippen LogP contribution in [-0.4, -0.2) is 11.8 Å². The maximum Gasteiger partial charge on any atom is 0.321 e. The maximum absolute atomic E-state index is 12.1. The number of anilines is 2. The summed E-state index contributed by atoms with van der Waals surface area (Å²) >= 11 is 0. The SMILES string of the molecule is CCCC(=O)Nc1cccc(NC(=O)c2cccc[n+]2[O-])c1. The van der Waals surface area contributed by atoms with Crippen LogP contribution >= 0.6 is 0 Å². The summed E-state index contributed by atoms with van der Waals surface area (Å²) < 4.78 is 0.502. The molecule has 0 saturated heterocycles. The number of hydrogen-bond acceptors (Lipinski definition) is 3. The molecular weight excluding hydrogens is 282 g/mol. The average Bonchev–Trinajstić information content (AvgIpc) is 2.48. The van der Waals surface area contributed by atoms with Gasteiger partial charge in [0.25, 0.3) is 5.69 Å². The Labute approximate surface area is 128 Å². The second-order valence-electron chi connectivity index (χ2n) is 4.74. The first-order chi connectivity index (χ1) is 10.6. The third-order valence-electron chi connectivity index (χ3n) is 2.94. The van der Waals surface area contributed by atoms with Crippen molar-refractivity contribution in [1.82, 2.24) is 0 Å². The van der Waals surface area contributed by atoms with Gasteiger partial charge in [-0.1, -0.05) is 13.0 Å². The van der Waals surface area contributed by atoms with Crippen LogP contribution in [0.2, 0.25) is 0 Å². The zero-order valence-corrected chi connectivity index (χ0v) is 12.2. The molecule has 0 aliphatic heterocycles. The minimum atomic E-state index is -0.507. The van der Waals surface area contributed by atoms with Crippen molar-refractivity contribution in [2.24, 2.45) is 0 Å². The summed E-state index contributed by atoms with van der Waals surface area (Å²) in [5, 5.41) is 16.9. The summed E-state index contributed by atoms with van der Waals surface area (Å²) in [7, 11) is 0. The Morgan fingerprint density at radius 1 is 1.09 bits per heavy atom. The van der Waals surface area contributed by atoms with E-state index in [1.807, 2.05) is 6.92 Å². The monoisotopic (exact) mass is 299 g/mol. The summed E-state index contributed by atoms with van der Waals surface area (Å²) in [6.45, 7) is 1.92. The van der Waals surface area contributed by atoms with Crippen LogP contribution in [-0.2, 0) is 4.79 Å². The van der Waals surface area contributed by atoms with Crippen LogP contribution in [0.4, 0.5) is 11.4 Å². The molecule has 0 aliphatic carbocycles. The topological polar surface area (TPSA) is 85.1 Å². The molecule has 2 aromatic rings. The summed E-state index contributed by atoms with van der Waals surface area (Å²) in [5.74, 6) is -0.584. The third kappa shape index (κ3) is 4.05. The van der Waals surface area contributed by atoms with Crippen molar-refractivity contribution in [3.63, 3.8) is 0 Å². The summed E-state index contributed by atoms with van der Waals surface area (Å²) in [4.78, 5) is 23.6. The molecule has 2 amide bonds. The van der Waals surface area contributed by atoms with Gasteiger partial charge in [-0.15, -0.1) is 0 Å². The van der Waals surface area contributed by atoms with E-state index in [4.69, 9.17) is 0 Å². The Morgan fingerprint density at radius 3 is 2.50 bits per heavy atom. The molecule has 6 nitrogen and oxygen atoms in total. The average molecular weight is 299 g/mol. The van der Waals surface area contributed by atoms with Gasteiger partial charge in [-0.25, -0.2) is 0 Å². The Kier molecular flexibility index (Phi) is 5.08. The van der Waals surface area contributed by atoms with E-state index < -0.39 is 5.91 Å². The highest BCUT2D eigenvalue weighted by molar-refractivity contribution is 6.02. The van der Waals surface area contributed by atoms with Gasteiger partial charge in [0, 0.05) is 29.9 Å². The molecule has 0 aliphatic rings. The molecule has 2 N–H and O–H groups in total. The van der Waals surface area contributed by atoms with Gasteiger partial charge in [-0.05, 0) is 30.7 Å². The number of nitrogens with one attached hydrogen (secondary N) is 2. The van der Waals surface area contributed by atoms with Crippen LogP contribution in [0, 0.1) is 5.21 Å². The highest BCUT2D eigenvalue weighted by Gasteiger charge is 2.15. The lowest BCUT2D eigenvalue weighted by atomic mass is 10.2. The molecule has 0 saturated carbocycles. The van der Waals surface area contributed by atoms with Gasteiger partial charge in [0.1, 0.15) is 0 Å². The van der Waals surface area contributed by atoms with Crippen LogP contribution in [0.25, 0.3) is 0 Å². The summed E-state index contributed by atoms with van der Waals surface area (Å²) in [6.07, 6.45) is 2.47. The van der Waals surface area contributed by atoms with Gasteiger partial charge in [0.05, 0.1) is 0 Å². The lowest BCUT2D eigenvalue weighted by Gasteiger charge is -2.08. The van der Waals surface area contributed by atoms with Crippen LogP contribution in [0.15, 0.2) is 48.7 Å². The first-order valence-corrected chi connectivity index (χ1v) is 6.99. The normalized spacial score (nSPS) is 10.0. The number of nitrogens with zero attached hydrogens (tertiary/aromatic N) is 1. The Balaban J connectivity index is 2.09. The second kappa shape index (κ2) is 7.21. The molecule has 0 bridgehead atoms. The lowest BCUT2D eigenvalue weighted by Crippen LogP contribution is -2.36. The molecular formula is C16H17N3O3. The van der Waals surface area contributed by atoms with Gasteiger partial charge < -0.3 is 15.8 Å². The molecule has 1 aromatic heterocycles. The van der Waals surface area contributed by atoms with E-state index in [1.54, 1.807) is 36.4 Å². The summed E-state index contributed by atoms with van der Waals surface area (Å²) in [6, 6.07) is 11.4. The highest BCUT2D eigenvalue weighted by atomic mass is 16.5. The largest absolute Gasteiger partial charge is 0.618 e. The van der Waals surface area contributed by atoms with E-state index in [-0.39, 0.29) is 11.6 Å². The summed E-state index contributed by atoms with van der Waals surface area (Å²) in [5.41, 5.74) is 1.10. The minimum absolute atomic E-state index is 0.00271. The van der Waals surface area contributed by atoms with Gasteiger partial charge in [0.15, 0.2) is 6.20 Å². The van der Waals surface area contributed by atoms with Crippen LogP contribution < -0.4 is 15.4 Å². The van der Waals surface area contributed by atoms with Crippen molar-refractivity contribution in [3.8, 4) is 0 Å². The molecule has 6 heteroatoms. The second-order valence-corrected chi connectivity index (χ2v) is 4.74. The van der Waals surface area contributed by atoms with Crippen molar-refractivity contribution in [1.29, 1.82) is 0 Å². The van der Waals surface area contributed by atoms with E-state index in [2.05, 4.69) is 10.6 Å². The Hall–Kier alpha value is -2.89. The van der Waals surface area contributed by atoms with Crippen LogP contribution in [0.5, 0.6) is 0 Å². The van der Waals surface area contributed by atoms with Crippen molar-refractivity contribution in [2.45, 2.75) is 19.8 Å². The van der Waals surface area contributed by atoms with Crippen molar-refractivity contribution in [2.75, 3.05) is 10.6 Å². The van der Waals surface area contributed by atoms with E-state index in [0.717, 1.165) is 6.42 Å². The first kappa shape index (κ1) is 15.5. The Morgan fingerprint density at radius 2 is 1.82 bits per heavy atom. The fourth-order valence-electron chi connectivity index (χ4n) is 1.92. The Bertz CT molecular complexity index is 686. The van der Waals surface area contributed by atoms with Crippen molar-refractivity contribution < 1.29 is 14.3 Å². The smallest absolute Gasteiger partial charge is 0.321 e. The van der Waals surface area contributed by atoms with Crippen molar-refractivity contribution >= 4 is 23.2 Å². The number of amides is 2. The molecule has 0 atom stereocenters. The van der Waals surface area contributed by atoms with Crippen LogP contribution in [0.1, 0.15) is 30.3 Å². The number of pyridine rings is 1. The molecule has 0 fully saturated rings. The minimum Gasteiger partial charge on any atom is -0.618 e. The third-order valence-corrected chi connectivity index (χ3v) is 2.94.